The van der Waals surface area contributed by atoms with Gasteiger partial charge in [0.15, 0.2) is 5.82 Å². The van der Waals surface area contributed by atoms with Crippen LogP contribution in [0.2, 0.25) is 0 Å². The van der Waals surface area contributed by atoms with Crippen molar-refractivity contribution in [2.24, 2.45) is 13.0 Å². The molecule has 7 heteroatoms. The van der Waals surface area contributed by atoms with Crippen LogP contribution in [0.4, 0.5) is 0 Å². The summed E-state index contributed by atoms with van der Waals surface area (Å²) < 4.78 is 2.12. The first kappa shape index (κ1) is 13.7. The molecule has 0 radical (unpaired) electrons. The van der Waals surface area contributed by atoms with Crippen LogP contribution in [0.15, 0.2) is 6.20 Å². The Kier molecular flexibility index (Phi) is 4.26. The number of rotatable bonds is 6. The van der Waals surface area contributed by atoms with Gasteiger partial charge in [-0.2, -0.15) is 4.80 Å². The predicted octanol–water partition coefficient (Wildman–Crippen LogP) is 0.509. The smallest absolute Gasteiger partial charge is 0.194 e. The van der Waals surface area contributed by atoms with E-state index in [1.54, 1.807) is 7.05 Å². The number of tetrazole rings is 1. The lowest BCUT2D eigenvalue weighted by Gasteiger charge is -2.10. The molecule has 2 heterocycles. The lowest BCUT2D eigenvalue weighted by atomic mass is 10.2. The van der Waals surface area contributed by atoms with E-state index in [1.807, 2.05) is 13.1 Å². The molecule has 0 amide bonds. The number of aryl methyl sites for hydroxylation is 2. The first-order valence-corrected chi connectivity index (χ1v) is 6.51. The van der Waals surface area contributed by atoms with Crippen molar-refractivity contribution in [2.75, 3.05) is 6.54 Å². The highest BCUT2D eigenvalue weighted by Gasteiger charge is 2.10. The van der Waals surface area contributed by atoms with Crippen LogP contribution in [0.25, 0.3) is 0 Å². The highest BCUT2D eigenvalue weighted by Crippen LogP contribution is 2.07. The summed E-state index contributed by atoms with van der Waals surface area (Å²) >= 11 is 0. The molecule has 2 aromatic heterocycles. The summed E-state index contributed by atoms with van der Waals surface area (Å²) in [6, 6.07) is 0. The van der Waals surface area contributed by atoms with E-state index in [9.17, 15) is 0 Å². The second-order valence-electron chi connectivity index (χ2n) is 5.10. The summed E-state index contributed by atoms with van der Waals surface area (Å²) in [6.07, 6.45) is 1.90. The molecule has 0 aliphatic rings. The second-order valence-corrected chi connectivity index (χ2v) is 5.10. The zero-order valence-corrected chi connectivity index (χ0v) is 12.0. The van der Waals surface area contributed by atoms with Gasteiger partial charge >= 0.3 is 0 Å². The molecular formula is C12H21N7. The molecule has 2 rings (SSSR count). The molecule has 0 fully saturated rings. The van der Waals surface area contributed by atoms with Gasteiger partial charge in [0.05, 0.1) is 19.3 Å². The van der Waals surface area contributed by atoms with E-state index in [2.05, 4.69) is 44.1 Å². The van der Waals surface area contributed by atoms with Gasteiger partial charge in [-0.1, -0.05) is 13.8 Å². The molecule has 0 saturated heterocycles. The molecule has 1 N–H and O–H groups in total. The van der Waals surface area contributed by atoms with Crippen molar-refractivity contribution in [3.63, 3.8) is 0 Å². The highest BCUT2D eigenvalue weighted by molar-refractivity contribution is 5.06. The molecular weight excluding hydrogens is 242 g/mol. The van der Waals surface area contributed by atoms with Crippen LogP contribution in [0.1, 0.15) is 31.2 Å². The Bertz CT molecular complexity index is 526. The number of hydrogen-bond donors (Lipinski definition) is 1. The first-order valence-electron chi connectivity index (χ1n) is 6.51. The molecule has 7 nitrogen and oxygen atoms in total. The van der Waals surface area contributed by atoms with Crippen molar-refractivity contribution in [3.8, 4) is 0 Å². The minimum absolute atomic E-state index is 0.609. The fraction of sp³-hybridized carbons (Fsp3) is 0.667. The summed E-state index contributed by atoms with van der Waals surface area (Å²) in [7, 11) is 1.77. The van der Waals surface area contributed by atoms with Crippen molar-refractivity contribution in [2.45, 2.75) is 33.9 Å². The Hall–Kier alpha value is -1.76. The van der Waals surface area contributed by atoms with Gasteiger partial charge in [-0.25, -0.2) is 4.98 Å². The van der Waals surface area contributed by atoms with Crippen LogP contribution in [0.5, 0.6) is 0 Å². The summed E-state index contributed by atoms with van der Waals surface area (Å²) in [5.74, 6) is 2.31. The molecule has 0 aliphatic heterocycles. The van der Waals surface area contributed by atoms with E-state index in [4.69, 9.17) is 0 Å². The van der Waals surface area contributed by atoms with E-state index in [1.165, 1.54) is 4.80 Å². The SMILES string of the molecule is Cc1ncc(CNCC(C)C)n1Cc1nnn(C)n1. The summed E-state index contributed by atoms with van der Waals surface area (Å²) in [6.45, 7) is 8.78. The molecule has 0 bridgehead atoms. The standard InChI is InChI=1S/C12H21N7/c1-9(2)5-13-6-11-7-14-10(3)19(11)8-12-15-17-18(4)16-12/h7,9,13H,5-6,8H2,1-4H3. The molecule has 104 valence electrons. The van der Waals surface area contributed by atoms with Crippen molar-refractivity contribution >= 4 is 0 Å². The number of imidazole rings is 1. The normalized spacial score (nSPS) is 11.4. The average molecular weight is 263 g/mol. The van der Waals surface area contributed by atoms with Crippen molar-refractivity contribution in [1.29, 1.82) is 0 Å². The maximum Gasteiger partial charge on any atom is 0.194 e. The lowest BCUT2D eigenvalue weighted by Crippen LogP contribution is -2.21. The Morgan fingerprint density at radius 1 is 1.37 bits per heavy atom. The zero-order valence-electron chi connectivity index (χ0n) is 12.0. The molecule has 2 aromatic rings. The van der Waals surface area contributed by atoms with E-state index >= 15 is 0 Å². The van der Waals surface area contributed by atoms with E-state index < -0.39 is 0 Å². The highest BCUT2D eigenvalue weighted by atomic mass is 15.6. The van der Waals surface area contributed by atoms with Gasteiger partial charge in [-0.3, -0.25) is 0 Å². The van der Waals surface area contributed by atoms with Crippen LogP contribution in [0, 0.1) is 12.8 Å². The van der Waals surface area contributed by atoms with Gasteiger partial charge in [0.1, 0.15) is 5.82 Å². The van der Waals surface area contributed by atoms with Crippen LogP contribution >= 0.6 is 0 Å². The summed E-state index contributed by atoms with van der Waals surface area (Å²) in [5.41, 5.74) is 1.14. The Balaban J connectivity index is 2.05. The van der Waals surface area contributed by atoms with E-state index in [0.29, 0.717) is 18.3 Å². The molecule has 0 aromatic carbocycles. The van der Waals surface area contributed by atoms with Crippen molar-refractivity contribution in [3.05, 3.63) is 23.5 Å². The first-order chi connectivity index (χ1) is 9.06. The van der Waals surface area contributed by atoms with Gasteiger partial charge in [-0.05, 0) is 24.6 Å². The Morgan fingerprint density at radius 3 is 2.79 bits per heavy atom. The third-order valence-electron chi connectivity index (χ3n) is 2.85. The zero-order chi connectivity index (χ0) is 13.8. The van der Waals surface area contributed by atoms with Crippen LogP contribution in [0.3, 0.4) is 0 Å². The maximum absolute atomic E-state index is 4.36. The minimum Gasteiger partial charge on any atom is -0.323 e. The molecule has 0 aliphatic carbocycles. The molecule has 0 atom stereocenters. The lowest BCUT2D eigenvalue weighted by molar-refractivity contribution is 0.535. The van der Waals surface area contributed by atoms with E-state index in [-0.39, 0.29) is 0 Å². The summed E-state index contributed by atoms with van der Waals surface area (Å²) in [5, 5.41) is 15.5. The third-order valence-corrected chi connectivity index (χ3v) is 2.85. The molecule has 19 heavy (non-hydrogen) atoms. The topological polar surface area (TPSA) is 73.5 Å². The number of nitrogens with one attached hydrogen (secondary N) is 1. The minimum atomic E-state index is 0.609. The predicted molar refractivity (Wildman–Crippen MR) is 71.4 cm³/mol. The largest absolute Gasteiger partial charge is 0.323 e. The number of aromatic nitrogens is 6. The van der Waals surface area contributed by atoms with Gasteiger partial charge < -0.3 is 9.88 Å². The monoisotopic (exact) mass is 263 g/mol. The quantitative estimate of drug-likeness (QED) is 0.822. The van der Waals surface area contributed by atoms with Gasteiger partial charge in [0, 0.05) is 12.7 Å². The fourth-order valence-corrected chi connectivity index (χ4v) is 1.89. The van der Waals surface area contributed by atoms with Crippen LogP contribution < -0.4 is 5.32 Å². The molecule has 0 saturated carbocycles. The average Bonchev–Trinajstić information content (AvgIpc) is 2.89. The third kappa shape index (κ3) is 3.60. The molecule has 0 spiro atoms. The summed E-state index contributed by atoms with van der Waals surface area (Å²) in [4.78, 5) is 5.83. The van der Waals surface area contributed by atoms with Gasteiger partial charge in [0.25, 0.3) is 0 Å². The Labute approximate surface area is 113 Å². The van der Waals surface area contributed by atoms with Gasteiger partial charge in [-0.15, -0.1) is 10.2 Å². The molecule has 0 unspecified atom stereocenters. The number of hydrogen-bond acceptors (Lipinski definition) is 5. The van der Waals surface area contributed by atoms with E-state index in [0.717, 1.165) is 24.6 Å². The van der Waals surface area contributed by atoms with Crippen molar-refractivity contribution in [1.82, 2.24) is 35.1 Å². The van der Waals surface area contributed by atoms with Gasteiger partial charge in [0.2, 0.25) is 0 Å². The Morgan fingerprint density at radius 2 is 2.16 bits per heavy atom. The van der Waals surface area contributed by atoms with Crippen LogP contribution in [-0.2, 0) is 20.1 Å². The fourth-order valence-electron chi connectivity index (χ4n) is 1.89. The maximum atomic E-state index is 4.36. The second kappa shape index (κ2) is 5.92. The van der Waals surface area contributed by atoms with Crippen molar-refractivity contribution < 1.29 is 0 Å². The number of nitrogens with zero attached hydrogens (tertiary/aromatic N) is 6. The van der Waals surface area contributed by atoms with Crippen LogP contribution in [-0.4, -0.2) is 36.3 Å².